The average molecular weight is 275 g/mol. The lowest BCUT2D eigenvalue weighted by molar-refractivity contribution is 0.509. The molecule has 0 aliphatic heterocycles. The summed E-state index contributed by atoms with van der Waals surface area (Å²) in [5.74, 6) is 1.82. The van der Waals surface area contributed by atoms with Gasteiger partial charge < -0.3 is 14.9 Å². The van der Waals surface area contributed by atoms with Crippen LogP contribution < -0.4 is 10.9 Å². The molecule has 6 heteroatoms. The molecule has 0 amide bonds. The minimum Gasteiger partial charge on any atom is -0.365 e. The van der Waals surface area contributed by atoms with E-state index in [1.54, 1.807) is 23.2 Å². The molecule has 2 aromatic rings. The number of H-pyrrole nitrogens is 1. The number of aryl methyl sites for hydroxylation is 1. The predicted octanol–water partition coefficient (Wildman–Crippen LogP) is 1.67. The second-order valence-corrected chi connectivity index (χ2v) is 5.19. The van der Waals surface area contributed by atoms with Crippen LogP contribution in [0.1, 0.15) is 26.1 Å². The van der Waals surface area contributed by atoms with Crippen LogP contribution in [0.5, 0.6) is 0 Å². The third-order valence-corrected chi connectivity index (χ3v) is 2.91. The van der Waals surface area contributed by atoms with E-state index in [2.05, 4.69) is 34.1 Å². The van der Waals surface area contributed by atoms with E-state index in [9.17, 15) is 4.79 Å². The molecule has 0 bridgehead atoms. The van der Waals surface area contributed by atoms with Crippen molar-refractivity contribution in [3.05, 3.63) is 41.0 Å². The molecule has 0 atom stereocenters. The third-order valence-electron chi connectivity index (χ3n) is 2.91. The zero-order chi connectivity index (χ0) is 14.4. The molecule has 2 aromatic heterocycles. The Morgan fingerprint density at radius 2 is 2.20 bits per heavy atom. The molecule has 0 aliphatic carbocycles. The highest BCUT2D eigenvalue weighted by molar-refractivity contribution is 5.30. The molecule has 0 aliphatic rings. The fourth-order valence-corrected chi connectivity index (χ4v) is 2.00. The Bertz CT molecular complexity index is 574. The Kier molecular flexibility index (Phi) is 4.92. The molecule has 0 fully saturated rings. The van der Waals surface area contributed by atoms with Crippen molar-refractivity contribution < 1.29 is 0 Å². The lowest BCUT2D eigenvalue weighted by Gasteiger charge is -2.10. The lowest BCUT2D eigenvalue weighted by Crippen LogP contribution is -2.26. The maximum atomic E-state index is 12.1. The molecule has 0 spiro atoms. The van der Waals surface area contributed by atoms with Gasteiger partial charge in [-0.2, -0.15) is 0 Å². The molecule has 0 saturated carbocycles. The van der Waals surface area contributed by atoms with Gasteiger partial charge in [0.2, 0.25) is 0 Å². The van der Waals surface area contributed by atoms with Gasteiger partial charge in [-0.15, -0.1) is 0 Å². The lowest BCUT2D eigenvalue weighted by atomic mass is 10.2. The van der Waals surface area contributed by atoms with Gasteiger partial charge >= 0.3 is 0 Å². The van der Waals surface area contributed by atoms with Crippen LogP contribution in [0.2, 0.25) is 0 Å². The summed E-state index contributed by atoms with van der Waals surface area (Å²) in [5.41, 5.74) is -0.0563. The minimum absolute atomic E-state index is 0.0563. The van der Waals surface area contributed by atoms with Crippen molar-refractivity contribution >= 4 is 5.82 Å². The quantitative estimate of drug-likeness (QED) is 0.754. The molecule has 2 heterocycles. The molecular formula is C14H21N5O. The van der Waals surface area contributed by atoms with Gasteiger partial charge in [-0.25, -0.2) is 9.97 Å². The van der Waals surface area contributed by atoms with Crippen LogP contribution in [0.3, 0.4) is 0 Å². The van der Waals surface area contributed by atoms with Crippen molar-refractivity contribution in [2.75, 3.05) is 11.9 Å². The maximum absolute atomic E-state index is 12.1. The number of rotatable bonds is 7. The van der Waals surface area contributed by atoms with Gasteiger partial charge in [-0.1, -0.05) is 13.8 Å². The van der Waals surface area contributed by atoms with Crippen molar-refractivity contribution in [3.63, 3.8) is 0 Å². The average Bonchev–Trinajstić information content (AvgIpc) is 2.91. The zero-order valence-corrected chi connectivity index (χ0v) is 12.0. The molecule has 108 valence electrons. The Hall–Kier alpha value is -2.11. The minimum atomic E-state index is -0.0563. The molecule has 2 N–H and O–H groups in total. The third kappa shape index (κ3) is 3.94. The highest BCUT2D eigenvalue weighted by atomic mass is 16.1. The monoisotopic (exact) mass is 275 g/mol. The summed E-state index contributed by atoms with van der Waals surface area (Å²) in [5, 5.41) is 3.10. The number of anilines is 1. The van der Waals surface area contributed by atoms with Crippen LogP contribution in [0.15, 0.2) is 29.6 Å². The highest BCUT2D eigenvalue weighted by Crippen LogP contribution is 2.00. The molecule has 0 unspecified atom stereocenters. The summed E-state index contributed by atoms with van der Waals surface area (Å²) in [6.45, 7) is 5.59. The van der Waals surface area contributed by atoms with Gasteiger partial charge in [-0.3, -0.25) is 4.79 Å². The first kappa shape index (κ1) is 14.3. The topological polar surface area (TPSA) is 75.6 Å². The van der Waals surface area contributed by atoms with Crippen LogP contribution in [-0.2, 0) is 13.0 Å². The van der Waals surface area contributed by atoms with Crippen molar-refractivity contribution in [2.24, 2.45) is 5.92 Å². The van der Waals surface area contributed by atoms with Crippen LogP contribution in [0, 0.1) is 5.92 Å². The first-order valence-corrected chi connectivity index (χ1v) is 6.94. The Morgan fingerprint density at radius 3 is 2.90 bits per heavy atom. The molecule has 2 rings (SSSR count). The number of imidazole rings is 1. The Labute approximate surface area is 118 Å². The standard InChI is InChI=1S/C14H21N5O/c1-11(2)10-19-9-8-18-13(14(19)20)17-5-3-4-12-15-6-7-16-12/h6-9,11H,3-5,10H2,1-2H3,(H,15,16)(H,17,18). The maximum Gasteiger partial charge on any atom is 0.293 e. The van der Waals surface area contributed by atoms with Gasteiger partial charge in [0.15, 0.2) is 5.82 Å². The van der Waals surface area contributed by atoms with Crippen LogP contribution in [0.25, 0.3) is 0 Å². The van der Waals surface area contributed by atoms with E-state index in [4.69, 9.17) is 0 Å². The molecule has 0 radical (unpaired) electrons. The fourth-order valence-electron chi connectivity index (χ4n) is 2.00. The largest absolute Gasteiger partial charge is 0.365 e. The van der Waals surface area contributed by atoms with Gasteiger partial charge in [0.1, 0.15) is 5.82 Å². The summed E-state index contributed by atoms with van der Waals surface area (Å²) in [6, 6.07) is 0. The first-order chi connectivity index (χ1) is 9.66. The van der Waals surface area contributed by atoms with E-state index in [1.807, 2.05) is 6.20 Å². The van der Waals surface area contributed by atoms with Gasteiger partial charge in [0.25, 0.3) is 5.56 Å². The Morgan fingerprint density at radius 1 is 1.35 bits per heavy atom. The summed E-state index contributed by atoms with van der Waals surface area (Å²) in [6.07, 6.45) is 8.70. The number of aromatic amines is 1. The smallest absolute Gasteiger partial charge is 0.293 e. The van der Waals surface area contributed by atoms with Gasteiger partial charge in [0.05, 0.1) is 0 Å². The van der Waals surface area contributed by atoms with Crippen LogP contribution >= 0.6 is 0 Å². The number of aromatic nitrogens is 4. The fraction of sp³-hybridized carbons (Fsp3) is 0.500. The zero-order valence-electron chi connectivity index (χ0n) is 12.0. The van der Waals surface area contributed by atoms with E-state index in [-0.39, 0.29) is 5.56 Å². The summed E-state index contributed by atoms with van der Waals surface area (Å²) in [7, 11) is 0. The van der Waals surface area contributed by atoms with Crippen molar-refractivity contribution in [1.82, 2.24) is 19.5 Å². The number of hydrogen-bond donors (Lipinski definition) is 2. The number of hydrogen-bond acceptors (Lipinski definition) is 4. The second-order valence-electron chi connectivity index (χ2n) is 5.19. The van der Waals surface area contributed by atoms with Crippen molar-refractivity contribution in [1.29, 1.82) is 0 Å². The second kappa shape index (κ2) is 6.88. The normalized spacial score (nSPS) is 10.9. The summed E-state index contributed by atoms with van der Waals surface area (Å²) >= 11 is 0. The number of nitrogens with one attached hydrogen (secondary N) is 2. The van der Waals surface area contributed by atoms with E-state index < -0.39 is 0 Å². The van der Waals surface area contributed by atoms with Gasteiger partial charge in [-0.05, 0) is 12.3 Å². The summed E-state index contributed by atoms with van der Waals surface area (Å²) < 4.78 is 1.70. The molecule has 0 saturated heterocycles. The van der Waals surface area contributed by atoms with Crippen molar-refractivity contribution in [2.45, 2.75) is 33.2 Å². The molecule has 20 heavy (non-hydrogen) atoms. The van der Waals surface area contributed by atoms with E-state index in [0.717, 1.165) is 18.7 Å². The Balaban J connectivity index is 1.88. The molecule has 0 aromatic carbocycles. The van der Waals surface area contributed by atoms with Crippen molar-refractivity contribution in [3.8, 4) is 0 Å². The highest BCUT2D eigenvalue weighted by Gasteiger charge is 2.05. The molecule has 6 nitrogen and oxygen atoms in total. The van der Waals surface area contributed by atoms with Crippen LogP contribution in [0.4, 0.5) is 5.82 Å². The summed E-state index contributed by atoms with van der Waals surface area (Å²) in [4.78, 5) is 23.5. The van der Waals surface area contributed by atoms with Gasteiger partial charge in [0, 0.05) is 44.3 Å². The van der Waals surface area contributed by atoms with E-state index in [1.165, 1.54) is 0 Å². The molecular weight excluding hydrogens is 254 g/mol. The SMILES string of the molecule is CC(C)Cn1ccnc(NCCCc2ncc[nH]2)c1=O. The number of nitrogens with zero attached hydrogens (tertiary/aromatic N) is 3. The van der Waals surface area contributed by atoms with E-state index in [0.29, 0.717) is 24.8 Å². The predicted molar refractivity (Wildman–Crippen MR) is 78.7 cm³/mol. The van der Waals surface area contributed by atoms with Crippen LogP contribution in [-0.4, -0.2) is 26.1 Å². The first-order valence-electron chi connectivity index (χ1n) is 6.94. The van der Waals surface area contributed by atoms with E-state index >= 15 is 0 Å².